The number of rotatable bonds is 44. The van der Waals surface area contributed by atoms with Gasteiger partial charge in [0.1, 0.15) is 6.10 Å². The molecule has 358 valence electrons. The number of allylic oxidation sites excluding steroid dienone is 17. The Morgan fingerprint density at radius 2 is 0.889 bits per heavy atom. The number of hydrogen-bond donors (Lipinski definition) is 3. The van der Waals surface area contributed by atoms with Crippen LogP contribution in [0.2, 0.25) is 0 Å². The summed E-state index contributed by atoms with van der Waals surface area (Å²) in [5.41, 5.74) is 0. The normalized spacial score (nSPS) is 14.2. The average molecular weight is 874 g/mol. The average Bonchev–Trinajstić information content (AvgIpc) is 3.28. The van der Waals surface area contributed by atoms with E-state index in [1.807, 2.05) is 12.2 Å². The van der Waals surface area contributed by atoms with E-state index in [9.17, 15) is 19.8 Å². The van der Waals surface area contributed by atoms with Gasteiger partial charge in [-0.1, -0.05) is 214 Å². The van der Waals surface area contributed by atoms with Crippen LogP contribution in [-0.4, -0.2) is 46.9 Å². The number of carbonyl (C=O) groups excluding carboxylic acids is 2. The predicted octanol–water partition coefficient (Wildman–Crippen LogP) is 15.5. The van der Waals surface area contributed by atoms with Gasteiger partial charge in [0.2, 0.25) is 5.91 Å². The molecule has 0 saturated carbocycles. The Morgan fingerprint density at radius 1 is 0.492 bits per heavy atom. The lowest BCUT2D eigenvalue weighted by Crippen LogP contribution is -2.46. The number of amides is 1. The van der Waals surface area contributed by atoms with Gasteiger partial charge in [-0.05, 0) is 89.9 Å². The lowest BCUT2D eigenvalue weighted by Gasteiger charge is -2.24. The summed E-state index contributed by atoms with van der Waals surface area (Å²) in [5.74, 6) is -0.625. The maximum atomic E-state index is 13.2. The Bertz CT molecular complexity index is 1300. The van der Waals surface area contributed by atoms with Crippen LogP contribution in [0, 0.1) is 0 Å². The number of aliphatic hydroxyl groups is 2. The number of unbranched alkanes of at least 4 members (excludes halogenated alkanes) is 15. The van der Waals surface area contributed by atoms with E-state index in [-0.39, 0.29) is 24.9 Å². The minimum atomic E-state index is -0.822. The molecule has 0 spiro atoms. The van der Waals surface area contributed by atoms with Crippen LogP contribution >= 0.6 is 0 Å². The van der Waals surface area contributed by atoms with Gasteiger partial charge in [-0.2, -0.15) is 0 Å². The van der Waals surface area contributed by atoms with E-state index < -0.39 is 18.2 Å². The first-order chi connectivity index (χ1) is 31.0. The molecule has 0 saturated heterocycles. The molecule has 0 aliphatic heterocycles. The van der Waals surface area contributed by atoms with Crippen LogP contribution in [-0.2, 0) is 14.3 Å². The molecule has 6 nitrogen and oxygen atoms in total. The molecule has 0 aromatic carbocycles. The minimum Gasteiger partial charge on any atom is -0.461 e. The Labute approximate surface area is 388 Å². The third kappa shape index (κ3) is 44.9. The molecule has 63 heavy (non-hydrogen) atoms. The molecule has 3 unspecified atom stereocenters. The Balaban J connectivity index is 4.79. The number of esters is 1. The summed E-state index contributed by atoms with van der Waals surface area (Å²) >= 11 is 0. The van der Waals surface area contributed by atoms with Crippen LogP contribution in [0.3, 0.4) is 0 Å². The maximum absolute atomic E-state index is 13.2. The van der Waals surface area contributed by atoms with Crippen LogP contribution in [0.25, 0.3) is 0 Å². The SMILES string of the molecule is CC/C=C\C/C=C\C/C=C\C/C=C\C/C=C\CCCCCC(=O)OC(C/C=C\C/C=C\C/C=C\C/C=C\CCCCC)CC(=O)NC(CO)C(O)CCCCCCCCCCCC. The van der Waals surface area contributed by atoms with E-state index >= 15 is 0 Å². The van der Waals surface area contributed by atoms with Gasteiger partial charge in [-0.25, -0.2) is 0 Å². The summed E-state index contributed by atoms with van der Waals surface area (Å²) < 4.78 is 5.85. The first-order valence-electron chi connectivity index (χ1n) is 25.6. The zero-order valence-electron chi connectivity index (χ0n) is 40.7. The number of nitrogens with one attached hydrogen (secondary N) is 1. The van der Waals surface area contributed by atoms with Gasteiger partial charge in [-0.3, -0.25) is 9.59 Å². The summed E-state index contributed by atoms with van der Waals surface area (Å²) in [6, 6.07) is -0.744. The van der Waals surface area contributed by atoms with Gasteiger partial charge in [0, 0.05) is 12.8 Å². The largest absolute Gasteiger partial charge is 0.461 e. The second kappa shape index (κ2) is 49.5. The first-order valence-corrected chi connectivity index (χ1v) is 25.6. The van der Waals surface area contributed by atoms with Crippen molar-refractivity contribution in [3.05, 3.63) is 109 Å². The van der Waals surface area contributed by atoms with Crippen molar-refractivity contribution in [3.8, 4) is 0 Å². The molecule has 0 heterocycles. The molecule has 0 aliphatic rings. The minimum absolute atomic E-state index is 0.0185. The molecule has 0 bridgehead atoms. The van der Waals surface area contributed by atoms with Gasteiger partial charge in [-0.15, -0.1) is 0 Å². The van der Waals surface area contributed by atoms with Crippen molar-refractivity contribution >= 4 is 11.9 Å². The third-order valence-corrected chi connectivity index (χ3v) is 10.8. The molecule has 0 aromatic heterocycles. The molecule has 3 N–H and O–H groups in total. The molecule has 6 heteroatoms. The number of ether oxygens (including phenoxy) is 1. The fraction of sp³-hybridized carbons (Fsp3) is 0.649. The number of carbonyl (C=O) groups is 2. The highest BCUT2D eigenvalue weighted by atomic mass is 16.5. The molecular weight excluding hydrogens is 779 g/mol. The quantitative estimate of drug-likeness (QED) is 0.0322. The second-order valence-electron chi connectivity index (χ2n) is 16.8. The summed E-state index contributed by atoms with van der Waals surface area (Å²) in [4.78, 5) is 26.1. The Morgan fingerprint density at radius 3 is 1.37 bits per heavy atom. The van der Waals surface area contributed by atoms with Gasteiger partial charge >= 0.3 is 5.97 Å². The Kier molecular flexibility index (Phi) is 46.8. The van der Waals surface area contributed by atoms with Crippen LogP contribution in [0.4, 0.5) is 0 Å². The Hall–Kier alpha value is -3.48. The molecule has 3 atom stereocenters. The predicted molar refractivity (Wildman–Crippen MR) is 273 cm³/mol. The molecule has 0 aliphatic carbocycles. The maximum Gasteiger partial charge on any atom is 0.306 e. The lowest BCUT2D eigenvalue weighted by molar-refractivity contribution is -0.150. The van der Waals surface area contributed by atoms with E-state index in [1.165, 1.54) is 64.2 Å². The van der Waals surface area contributed by atoms with Gasteiger partial charge in [0.15, 0.2) is 0 Å². The lowest BCUT2D eigenvalue weighted by atomic mass is 10.0. The van der Waals surface area contributed by atoms with Crippen molar-refractivity contribution < 1.29 is 24.5 Å². The molecular formula is C57H95NO5. The fourth-order valence-electron chi connectivity index (χ4n) is 6.96. The van der Waals surface area contributed by atoms with E-state index in [0.717, 1.165) is 103 Å². The first kappa shape index (κ1) is 59.5. The molecule has 0 rings (SSSR count). The number of hydrogen-bond acceptors (Lipinski definition) is 5. The fourth-order valence-corrected chi connectivity index (χ4v) is 6.96. The van der Waals surface area contributed by atoms with Crippen molar-refractivity contribution in [2.24, 2.45) is 0 Å². The van der Waals surface area contributed by atoms with Crippen LogP contribution < -0.4 is 5.32 Å². The molecule has 1 amide bonds. The van der Waals surface area contributed by atoms with Crippen LogP contribution in [0.1, 0.15) is 213 Å². The second-order valence-corrected chi connectivity index (χ2v) is 16.8. The standard InChI is InChI=1S/C57H95NO5/c1-4-7-10-13-16-19-22-24-26-27-28-29-31-33-35-38-41-44-47-50-57(62)63-53(48-45-42-39-36-34-32-30-25-23-20-17-14-11-8-5-2)51-56(61)58-54(52-59)55(60)49-46-43-40-37-21-18-15-12-9-6-3/h7,10,16-17,19-20,24-26,28-30,33-36,42,45,53-55,59-60H,4-6,8-9,11-15,18,21-23,27,31-32,37-41,43-44,46-52H2,1-3H3,(H,58,61)/b10-7-,19-16-,20-17-,26-24-,29-28-,30-25-,35-33-,36-34-,45-42-. The van der Waals surface area contributed by atoms with E-state index in [0.29, 0.717) is 19.3 Å². The molecule has 0 aromatic rings. The topological polar surface area (TPSA) is 95.9 Å². The smallest absolute Gasteiger partial charge is 0.306 e. The van der Waals surface area contributed by atoms with Gasteiger partial charge < -0.3 is 20.3 Å². The van der Waals surface area contributed by atoms with Crippen molar-refractivity contribution in [3.63, 3.8) is 0 Å². The third-order valence-electron chi connectivity index (χ3n) is 10.8. The summed E-state index contributed by atoms with van der Waals surface area (Å²) in [5, 5.41) is 23.6. The highest BCUT2D eigenvalue weighted by Gasteiger charge is 2.23. The molecule has 0 fully saturated rings. The summed E-state index contributed by atoms with van der Waals surface area (Å²) in [6.45, 7) is 6.28. The highest BCUT2D eigenvalue weighted by molar-refractivity contribution is 5.77. The summed E-state index contributed by atoms with van der Waals surface area (Å²) in [7, 11) is 0. The molecule has 0 radical (unpaired) electrons. The van der Waals surface area contributed by atoms with E-state index in [4.69, 9.17) is 4.74 Å². The zero-order chi connectivity index (χ0) is 45.9. The van der Waals surface area contributed by atoms with Crippen LogP contribution in [0.5, 0.6) is 0 Å². The van der Waals surface area contributed by atoms with E-state index in [1.54, 1.807) is 0 Å². The highest BCUT2D eigenvalue weighted by Crippen LogP contribution is 2.15. The summed E-state index contributed by atoms with van der Waals surface area (Å²) in [6.07, 6.45) is 67.3. The van der Waals surface area contributed by atoms with Gasteiger partial charge in [0.05, 0.1) is 25.2 Å². The van der Waals surface area contributed by atoms with Gasteiger partial charge in [0.25, 0.3) is 0 Å². The number of aliphatic hydroxyl groups excluding tert-OH is 2. The van der Waals surface area contributed by atoms with Crippen molar-refractivity contribution in [1.29, 1.82) is 0 Å². The van der Waals surface area contributed by atoms with E-state index in [2.05, 4.69) is 123 Å². The van der Waals surface area contributed by atoms with Crippen molar-refractivity contribution in [1.82, 2.24) is 5.32 Å². The van der Waals surface area contributed by atoms with Crippen LogP contribution in [0.15, 0.2) is 109 Å². The van der Waals surface area contributed by atoms with Crippen molar-refractivity contribution in [2.45, 2.75) is 232 Å². The zero-order valence-corrected chi connectivity index (χ0v) is 40.7. The van der Waals surface area contributed by atoms with Crippen molar-refractivity contribution in [2.75, 3.05) is 6.61 Å². The monoisotopic (exact) mass is 874 g/mol.